The van der Waals surface area contributed by atoms with Gasteiger partial charge in [-0.05, 0) is 26.0 Å². The Bertz CT molecular complexity index is 893. The molecule has 1 amide bonds. The molecule has 0 unspecified atom stereocenters. The summed E-state index contributed by atoms with van der Waals surface area (Å²) >= 11 is 1.30. The lowest BCUT2D eigenvalue weighted by Gasteiger charge is -2.12. The molecule has 0 radical (unpaired) electrons. The summed E-state index contributed by atoms with van der Waals surface area (Å²) < 4.78 is 5.25. The number of benzene rings is 2. The number of nitrogens with zero attached hydrogens (tertiary/aromatic N) is 2. The highest BCUT2D eigenvalue weighted by Gasteiger charge is 2.18. The van der Waals surface area contributed by atoms with Crippen molar-refractivity contribution in [2.45, 2.75) is 24.3 Å². The molecule has 2 aromatic carbocycles. The van der Waals surface area contributed by atoms with Gasteiger partial charge in [-0.1, -0.05) is 53.7 Å². The normalized spacial score (nSPS) is 11.8. The lowest BCUT2D eigenvalue weighted by atomic mass is 10.1. The van der Waals surface area contributed by atoms with Crippen LogP contribution in [0.5, 0.6) is 5.75 Å². The first-order valence-corrected chi connectivity index (χ1v) is 9.05. The van der Waals surface area contributed by atoms with E-state index in [0.29, 0.717) is 22.4 Å². The van der Waals surface area contributed by atoms with Crippen molar-refractivity contribution >= 4 is 23.4 Å². The smallest absolute Gasteiger partial charge is 0.237 e. The Morgan fingerprint density at radius 3 is 2.65 bits per heavy atom. The van der Waals surface area contributed by atoms with Crippen molar-refractivity contribution < 1.29 is 9.53 Å². The van der Waals surface area contributed by atoms with Gasteiger partial charge in [-0.3, -0.25) is 9.89 Å². The molecular formula is C19H20N4O2S. The van der Waals surface area contributed by atoms with Crippen LogP contribution in [0.3, 0.4) is 0 Å². The van der Waals surface area contributed by atoms with Gasteiger partial charge in [0.05, 0.1) is 18.0 Å². The predicted molar refractivity (Wildman–Crippen MR) is 103 cm³/mol. The molecule has 26 heavy (non-hydrogen) atoms. The van der Waals surface area contributed by atoms with E-state index in [-0.39, 0.29) is 11.2 Å². The van der Waals surface area contributed by atoms with Crippen LogP contribution >= 0.6 is 11.8 Å². The number of rotatable bonds is 6. The van der Waals surface area contributed by atoms with Gasteiger partial charge in [-0.2, -0.15) is 0 Å². The summed E-state index contributed by atoms with van der Waals surface area (Å²) in [4.78, 5) is 16.9. The monoisotopic (exact) mass is 368 g/mol. The first-order chi connectivity index (χ1) is 12.6. The molecule has 7 heteroatoms. The van der Waals surface area contributed by atoms with Crippen LogP contribution in [0.2, 0.25) is 0 Å². The highest BCUT2D eigenvalue weighted by atomic mass is 32.2. The van der Waals surface area contributed by atoms with Gasteiger partial charge >= 0.3 is 0 Å². The summed E-state index contributed by atoms with van der Waals surface area (Å²) in [6.07, 6.45) is 0. The second kappa shape index (κ2) is 8.05. The Labute approximate surface area is 156 Å². The number of carbonyl (C=O) groups is 1. The predicted octanol–water partition coefficient (Wildman–Crippen LogP) is 3.91. The summed E-state index contributed by atoms with van der Waals surface area (Å²) in [6, 6.07) is 15.3. The van der Waals surface area contributed by atoms with Gasteiger partial charge < -0.3 is 10.1 Å². The number of amides is 1. The van der Waals surface area contributed by atoms with E-state index in [4.69, 9.17) is 4.74 Å². The third-order valence-electron chi connectivity index (χ3n) is 3.81. The van der Waals surface area contributed by atoms with Gasteiger partial charge in [0.1, 0.15) is 5.75 Å². The molecule has 0 aliphatic rings. The molecule has 1 aromatic heterocycles. The number of aromatic nitrogens is 3. The molecule has 1 atom stereocenters. The molecule has 3 aromatic rings. The van der Waals surface area contributed by atoms with Crippen LogP contribution in [-0.4, -0.2) is 33.4 Å². The number of ether oxygens (including phenoxy) is 1. The largest absolute Gasteiger partial charge is 0.495 e. The number of hydrogen-bond donors (Lipinski definition) is 2. The Balaban J connectivity index is 1.65. The number of thioether (sulfide) groups is 1. The fourth-order valence-corrected chi connectivity index (χ4v) is 3.06. The summed E-state index contributed by atoms with van der Waals surface area (Å²) in [7, 11) is 1.57. The average Bonchev–Trinajstić information content (AvgIpc) is 3.11. The third-order valence-corrected chi connectivity index (χ3v) is 4.77. The molecule has 0 aliphatic carbocycles. The zero-order chi connectivity index (χ0) is 18.5. The molecule has 1 heterocycles. The topological polar surface area (TPSA) is 79.9 Å². The van der Waals surface area contributed by atoms with Crippen molar-refractivity contribution in [2.75, 3.05) is 12.4 Å². The van der Waals surface area contributed by atoms with E-state index < -0.39 is 0 Å². The summed E-state index contributed by atoms with van der Waals surface area (Å²) in [5, 5.41) is 10.2. The molecule has 0 fully saturated rings. The maximum absolute atomic E-state index is 12.4. The van der Waals surface area contributed by atoms with E-state index in [9.17, 15) is 4.79 Å². The average molecular weight is 368 g/mol. The molecule has 134 valence electrons. The lowest BCUT2D eigenvalue weighted by Crippen LogP contribution is -2.22. The van der Waals surface area contributed by atoms with Gasteiger partial charge in [0.25, 0.3) is 0 Å². The van der Waals surface area contributed by atoms with Crippen molar-refractivity contribution in [2.24, 2.45) is 0 Å². The zero-order valence-electron chi connectivity index (χ0n) is 14.8. The number of hydrogen-bond acceptors (Lipinski definition) is 5. The maximum atomic E-state index is 12.4. The van der Waals surface area contributed by atoms with Crippen LogP contribution in [0.15, 0.2) is 53.7 Å². The zero-order valence-corrected chi connectivity index (χ0v) is 15.6. The molecule has 0 aliphatic heterocycles. The van der Waals surface area contributed by atoms with E-state index in [0.717, 1.165) is 5.56 Å². The van der Waals surface area contributed by atoms with Crippen molar-refractivity contribution in [3.8, 4) is 17.1 Å². The van der Waals surface area contributed by atoms with Crippen LogP contribution in [0.4, 0.5) is 5.69 Å². The number of aryl methyl sites for hydroxylation is 1. The Morgan fingerprint density at radius 1 is 1.19 bits per heavy atom. The number of H-pyrrole nitrogens is 1. The minimum Gasteiger partial charge on any atom is -0.495 e. The fraction of sp³-hybridized carbons (Fsp3) is 0.211. The number of methoxy groups -OCH3 is 1. The van der Waals surface area contributed by atoms with Crippen LogP contribution in [0.25, 0.3) is 11.4 Å². The minimum atomic E-state index is -0.360. The number of aromatic amines is 1. The number of nitrogens with one attached hydrogen (secondary N) is 2. The van der Waals surface area contributed by atoms with Crippen molar-refractivity contribution in [1.29, 1.82) is 0 Å². The highest BCUT2D eigenvalue weighted by molar-refractivity contribution is 8.00. The van der Waals surface area contributed by atoms with Crippen molar-refractivity contribution in [1.82, 2.24) is 15.2 Å². The minimum absolute atomic E-state index is 0.138. The van der Waals surface area contributed by atoms with E-state index in [1.54, 1.807) is 19.2 Å². The van der Waals surface area contributed by atoms with Gasteiger partial charge in [-0.25, -0.2) is 4.98 Å². The quantitative estimate of drug-likeness (QED) is 0.645. The molecular weight excluding hydrogens is 348 g/mol. The van der Waals surface area contributed by atoms with Gasteiger partial charge in [0.2, 0.25) is 11.1 Å². The summed E-state index contributed by atoms with van der Waals surface area (Å²) in [5.41, 5.74) is 2.79. The Morgan fingerprint density at radius 2 is 1.92 bits per heavy atom. The standard InChI is InChI=1S/C19H20N4O2S/c1-12-8-10-14(11-9-12)17-21-19(23-22-17)26-13(2)18(24)20-15-6-4-5-7-16(15)25-3/h4-11,13H,1-3H3,(H,20,24)(H,21,22,23)/t13-/m1/s1. The first-order valence-electron chi connectivity index (χ1n) is 8.17. The number of carbonyl (C=O) groups excluding carboxylic acids is 1. The van der Waals surface area contributed by atoms with Crippen molar-refractivity contribution in [3.63, 3.8) is 0 Å². The summed E-state index contributed by atoms with van der Waals surface area (Å²) in [5.74, 6) is 1.17. The molecule has 0 saturated heterocycles. The first kappa shape index (κ1) is 18.0. The Hall–Kier alpha value is -2.80. The second-order valence-corrected chi connectivity index (χ2v) is 7.09. The molecule has 2 N–H and O–H groups in total. The van der Waals surface area contributed by atoms with Gasteiger partial charge in [-0.15, -0.1) is 5.10 Å². The van der Waals surface area contributed by atoms with E-state index in [2.05, 4.69) is 20.5 Å². The van der Waals surface area contributed by atoms with Crippen LogP contribution in [-0.2, 0) is 4.79 Å². The van der Waals surface area contributed by atoms with Crippen LogP contribution < -0.4 is 10.1 Å². The SMILES string of the molecule is COc1ccccc1NC(=O)[C@@H](C)Sc1n[nH]c(-c2ccc(C)cc2)n1. The van der Waals surface area contributed by atoms with E-state index in [1.165, 1.54) is 17.3 Å². The number of para-hydroxylation sites is 2. The Kier molecular flexibility index (Phi) is 5.58. The number of anilines is 1. The van der Waals surface area contributed by atoms with Crippen LogP contribution in [0, 0.1) is 6.92 Å². The van der Waals surface area contributed by atoms with E-state index >= 15 is 0 Å². The third kappa shape index (κ3) is 4.23. The van der Waals surface area contributed by atoms with E-state index in [1.807, 2.05) is 50.2 Å². The molecule has 0 spiro atoms. The van der Waals surface area contributed by atoms with Gasteiger partial charge in [0, 0.05) is 5.56 Å². The molecule has 3 rings (SSSR count). The molecule has 0 bridgehead atoms. The fourth-order valence-electron chi connectivity index (χ4n) is 2.33. The molecule has 6 nitrogen and oxygen atoms in total. The maximum Gasteiger partial charge on any atom is 0.237 e. The summed E-state index contributed by atoms with van der Waals surface area (Å²) in [6.45, 7) is 3.85. The van der Waals surface area contributed by atoms with Gasteiger partial charge in [0.15, 0.2) is 5.82 Å². The lowest BCUT2D eigenvalue weighted by molar-refractivity contribution is -0.115. The second-order valence-electron chi connectivity index (χ2n) is 5.78. The van der Waals surface area contributed by atoms with Crippen molar-refractivity contribution in [3.05, 3.63) is 54.1 Å². The molecule has 0 saturated carbocycles. The van der Waals surface area contributed by atoms with Crippen LogP contribution in [0.1, 0.15) is 12.5 Å². The highest BCUT2D eigenvalue weighted by Crippen LogP contribution is 2.26.